The molecule has 1 saturated carbocycles. The van der Waals surface area contributed by atoms with Crippen molar-refractivity contribution in [3.63, 3.8) is 0 Å². The fraction of sp³-hybridized carbons (Fsp3) is 0.692. The Morgan fingerprint density at radius 1 is 1.29 bits per heavy atom. The molecule has 0 unspecified atom stereocenters. The zero-order valence-corrected chi connectivity index (χ0v) is 10.7. The van der Waals surface area contributed by atoms with Gasteiger partial charge < -0.3 is 10.5 Å². The second-order valence-electron chi connectivity index (χ2n) is 4.60. The number of nitrogens with two attached hydrogens (primary N) is 1. The lowest BCUT2D eigenvalue weighted by Gasteiger charge is -2.27. The van der Waals surface area contributed by atoms with Crippen molar-refractivity contribution >= 4 is 5.82 Å². The van der Waals surface area contributed by atoms with E-state index in [1.807, 2.05) is 13.0 Å². The second-order valence-corrected chi connectivity index (χ2v) is 4.60. The highest BCUT2D eigenvalue weighted by molar-refractivity contribution is 5.31. The average molecular weight is 235 g/mol. The molecule has 0 amide bonds. The molecule has 1 aliphatic carbocycles. The number of hydrogen-bond donors (Lipinski definition) is 1. The summed E-state index contributed by atoms with van der Waals surface area (Å²) in [6.45, 7) is 4.79. The molecule has 1 aromatic heterocycles. The molecule has 4 heteroatoms. The van der Waals surface area contributed by atoms with Crippen molar-refractivity contribution < 1.29 is 4.74 Å². The van der Waals surface area contributed by atoms with Crippen molar-refractivity contribution in [2.24, 2.45) is 0 Å². The van der Waals surface area contributed by atoms with Crippen molar-refractivity contribution in [3.05, 3.63) is 17.6 Å². The molecule has 1 aromatic rings. The number of aromatic nitrogens is 2. The molecule has 0 radical (unpaired) electrons. The average Bonchev–Trinajstić information content (AvgIpc) is 2.78. The fourth-order valence-electron chi connectivity index (χ4n) is 2.56. The SMILES string of the molecule is CCOC1(c2nc(N)cc(CC)n2)CCCC1. The molecule has 0 spiro atoms. The second kappa shape index (κ2) is 5.00. The van der Waals surface area contributed by atoms with Gasteiger partial charge in [-0.3, -0.25) is 0 Å². The Balaban J connectivity index is 2.38. The van der Waals surface area contributed by atoms with Gasteiger partial charge in [-0.25, -0.2) is 9.97 Å². The van der Waals surface area contributed by atoms with Crippen LogP contribution < -0.4 is 5.73 Å². The standard InChI is InChI=1S/C13H21N3O/c1-3-10-9-11(14)16-12(15-10)13(17-4-2)7-5-6-8-13/h9H,3-8H2,1-2H3,(H2,14,15,16). The lowest BCUT2D eigenvalue weighted by molar-refractivity contribution is -0.0457. The van der Waals surface area contributed by atoms with Crippen LogP contribution in [-0.2, 0) is 16.8 Å². The molecule has 2 N–H and O–H groups in total. The van der Waals surface area contributed by atoms with E-state index in [1.165, 1.54) is 12.8 Å². The summed E-state index contributed by atoms with van der Waals surface area (Å²) >= 11 is 0. The van der Waals surface area contributed by atoms with E-state index in [0.717, 1.165) is 30.8 Å². The number of anilines is 1. The summed E-state index contributed by atoms with van der Waals surface area (Å²) in [6, 6.07) is 1.85. The van der Waals surface area contributed by atoms with Crippen LogP contribution in [0.1, 0.15) is 51.0 Å². The maximum atomic E-state index is 5.95. The smallest absolute Gasteiger partial charge is 0.162 e. The molecule has 0 aromatic carbocycles. The third kappa shape index (κ3) is 2.41. The van der Waals surface area contributed by atoms with E-state index in [1.54, 1.807) is 0 Å². The zero-order valence-electron chi connectivity index (χ0n) is 10.7. The monoisotopic (exact) mass is 235 g/mol. The van der Waals surface area contributed by atoms with Crippen LogP contribution >= 0.6 is 0 Å². The number of aryl methyl sites for hydroxylation is 1. The largest absolute Gasteiger partial charge is 0.384 e. The van der Waals surface area contributed by atoms with E-state index in [-0.39, 0.29) is 5.60 Å². The van der Waals surface area contributed by atoms with Crippen LogP contribution in [0.25, 0.3) is 0 Å². The van der Waals surface area contributed by atoms with E-state index < -0.39 is 0 Å². The molecule has 17 heavy (non-hydrogen) atoms. The first-order chi connectivity index (χ1) is 8.20. The first-order valence-electron chi connectivity index (χ1n) is 6.48. The third-order valence-corrected chi connectivity index (χ3v) is 3.40. The van der Waals surface area contributed by atoms with Gasteiger partial charge in [0.1, 0.15) is 11.4 Å². The highest BCUT2D eigenvalue weighted by atomic mass is 16.5. The Labute approximate surface area is 103 Å². The minimum absolute atomic E-state index is 0.284. The number of nitrogen functional groups attached to an aromatic ring is 1. The highest BCUT2D eigenvalue weighted by Crippen LogP contribution is 2.40. The summed E-state index contributed by atoms with van der Waals surface area (Å²) < 4.78 is 5.95. The maximum Gasteiger partial charge on any atom is 0.162 e. The predicted octanol–water partition coefficient (Wildman–Crippen LogP) is 2.43. The molecule has 1 aliphatic rings. The normalized spacial score (nSPS) is 18.5. The Morgan fingerprint density at radius 3 is 2.59 bits per heavy atom. The molecule has 0 saturated heterocycles. The van der Waals surface area contributed by atoms with Gasteiger partial charge in [0.05, 0.1) is 0 Å². The summed E-state index contributed by atoms with van der Waals surface area (Å²) in [7, 11) is 0. The topological polar surface area (TPSA) is 61.0 Å². The van der Waals surface area contributed by atoms with Crippen molar-refractivity contribution in [3.8, 4) is 0 Å². The molecular weight excluding hydrogens is 214 g/mol. The van der Waals surface area contributed by atoms with Crippen LogP contribution in [0.4, 0.5) is 5.82 Å². The van der Waals surface area contributed by atoms with Gasteiger partial charge in [-0.05, 0) is 39.0 Å². The lowest BCUT2D eigenvalue weighted by Crippen LogP contribution is -2.29. The summed E-state index contributed by atoms with van der Waals surface area (Å²) in [6.07, 6.45) is 5.25. The zero-order chi connectivity index (χ0) is 12.3. The van der Waals surface area contributed by atoms with Gasteiger partial charge in [-0.15, -0.1) is 0 Å². The van der Waals surface area contributed by atoms with Crippen molar-refractivity contribution in [1.82, 2.24) is 9.97 Å². The lowest BCUT2D eigenvalue weighted by atomic mass is 10.0. The molecule has 94 valence electrons. The van der Waals surface area contributed by atoms with Crippen LogP contribution in [0.3, 0.4) is 0 Å². The molecule has 4 nitrogen and oxygen atoms in total. The molecule has 2 rings (SSSR count). The molecule has 1 heterocycles. The first kappa shape index (κ1) is 12.3. The van der Waals surface area contributed by atoms with E-state index in [2.05, 4.69) is 16.9 Å². The van der Waals surface area contributed by atoms with Gasteiger partial charge in [0.2, 0.25) is 0 Å². The molecule has 0 aliphatic heterocycles. The minimum atomic E-state index is -0.284. The molecule has 0 bridgehead atoms. The van der Waals surface area contributed by atoms with Crippen LogP contribution in [0.2, 0.25) is 0 Å². The minimum Gasteiger partial charge on any atom is -0.384 e. The van der Waals surface area contributed by atoms with Gasteiger partial charge in [-0.2, -0.15) is 0 Å². The number of ether oxygens (including phenoxy) is 1. The Hall–Kier alpha value is -1.16. The van der Waals surface area contributed by atoms with E-state index in [9.17, 15) is 0 Å². The van der Waals surface area contributed by atoms with Gasteiger partial charge in [-0.1, -0.05) is 6.92 Å². The van der Waals surface area contributed by atoms with Gasteiger partial charge >= 0.3 is 0 Å². The van der Waals surface area contributed by atoms with Gasteiger partial charge in [0.15, 0.2) is 5.82 Å². The van der Waals surface area contributed by atoms with Gasteiger partial charge in [0, 0.05) is 18.4 Å². The number of rotatable bonds is 4. The summed E-state index contributed by atoms with van der Waals surface area (Å²) in [5.41, 5.74) is 6.57. The van der Waals surface area contributed by atoms with E-state index in [4.69, 9.17) is 10.5 Å². The Morgan fingerprint density at radius 2 is 2.00 bits per heavy atom. The van der Waals surface area contributed by atoms with Crippen molar-refractivity contribution in [2.45, 2.75) is 51.6 Å². The van der Waals surface area contributed by atoms with Crippen LogP contribution in [0.5, 0.6) is 0 Å². The third-order valence-electron chi connectivity index (χ3n) is 3.40. The predicted molar refractivity (Wildman–Crippen MR) is 67.6 cm³/mol. The highest BCUT2D eigenvalue weighted by Gasteiger charge is 2.39. The Kier molecular flexibility index (Phi) is 3.62. The van der Waals surface area contributed by atoms with Crippen molar-refractivity contribution in [1.29, 1.82) is 0 Å². The van der Waals surface area contributed by atoms with Crippen LogP contribution in [0.15, 0.2) is 6.07 Å². The Bertz CT molecular complexity index is 386. The summed E-state index contributed by atoms with van der Waals surface area (Å²) in [5, 5.41) is 0. The molecule has 1 fully saturated rings. The maximum absolute atomic E-state index is 5.95. The number of hydrogen-bond acceptors (Lipinski definition) is 4. The first-order valence-corrected chi connectivity index (χ1v) is 6.48. The van der Waals surface area contributed by atoms with Crippen LogP contribution in [-0.4, -0.2) is 16.6 Å². The summed E-state index contributed by atoms with van der Waals surface area (Å²) in [5.74, 6) is 1.34. The fourth-order valence-corrected chi connectivity index (χ4v) is 2.56. The van der Waals surface area contributed by atoms with E-state index in [0.29, 0.717) is 12.4 Å². The molecule has 0 atom stereocenters. The summed E-state index contributed by atoms with van der Waals surface area (Å²) in [4.78, 5) is 9.01. The van der Waals surface area contributed by atoms with E-state index >= 15 is 0 Å². The van der Waals surface area contributed by atoms with Crippen LogP contribution in [0, 0.1) is 0 Å². The van der Waals surface area contributed by atoms with Gasteiger partial charge in [0.25, 0.3) is 0 Å². The quantitative estimate of drug-likeness (QED) is 0.870. The number of nitrogens with zero attached hydrogens (tertiary/aromatic N) is 2. The molecular formula is C13H21N3O. The van der Waals surface area contributed by atoms with Crippen molar-refractivity contribution in [2.75, 3.05) is 12.3 Å².